The van der Waals surface area contributed by atoms with E-state index in [1.165, 1.54) is 0 Å². The Labute approximate surface area is 123 Å². The number of ether oxygens (including phenoxy) is 1. The Bertz CT molecular complexity index is 608. The lowest BCUT2D eigenvalue weighted by molar-refractivity contribution is -0.385. The summed E-state index contributed by atoms with van der Waals surface area (Å²) in [5, 5.41) is 21.9. The molecule has 112 valence electrons. The summed E-state index contributed by atoms with van der Waals surface area (Å²) in [5.74, 6) is -2.81. The minimum atomic E-state index is -1.11. The van der Waals surface area contributed by atoms with Gasteiger partial charge in [-0.25, -0.2) is 4.98 Å². The first kappa shape index (κ1) is 15.1. The first-order valence-corrected chi connectivity index (χ1v) is 6.20. The van der Waals surface area contributed by atoms with Crippen LogP contribution < -0.4 is 5.32 Å². The molecule has 1 fully saturated rings. The number of nitrogens with zero attached hydrogens (tertiary/aromatic N) is 2. The van der Waals surface area contributed by atoms with E-state index >= 15 is 0 Å². The average Bonchev–Trinajstić information content (AvgIpc) is 2.86. The van der Waals surface area contributed by atoms with Crippen LogP contribution in [0.4, 0.5) is 5.69 Å². The Hall–Kier alpha value is -2.26. The zero-order valence-electron chi connectivity index (χ0n) is 10.5. The van der Waals surface area contributed by atoms with Crippen LogP contribution in [0.1, 0.15) is 10.4 Å². The van der Waals surface area contributed by atoms with E-state index in [2.05, 4.69) is 10.3 Å². The summed E-state index contributed by atoms with van der Waals surface area (Å²) in [5.41, 5.74) is -0.904. The lowest BCUT2D eigenvalue weighted by Crippen LogP contribution is -2.42. The van der Waals surface area contributed by atoms with Crippen LogP contribution in [0.15, 0.2) is 12.3 Å². The van der Waals surface area contributed by atoms with Gasteiger partial charge in [-0.3, -0.25) is 19.7 Å². The molecule has 0 bridgehead atoms. The number of carbonyl (C=O) groups excluding carboxylic acids is 1. The normalized spacial score (nSPS) is 21.0. The van der Waals surface area contributed by atoms with E-state index in [0.29, 0.717) is 0 Å². The second-order valence-electron chi connectivity index (χ2n) is 4.32. The predicted molar refractivity (Wildman–Crippen MR) is 69.1 cm³/mol. The number of aromatic nitrogens is 1. The van der Waals surface area contributed by atoms with Gasteiger partial charge in [0, 0.05) is 6.20 Å². The Kier molecular flexibility index (Phi) is 4.34. The van der Waals surface area contributed by atoms with E-state index in [1.54, 1.807) is 0 Å². The molecule has 0 aliphatic carbocycles. The van der Waals surface area contributed by atoms with E-state index in [1.807, 2.05) is 0 Å². The highest BCUT2D eigenvalue weighted by Gasteiger charge is 2.36. The summed E-state index contributed by atoms with van der Waals surface area (Å²) in [7, 11) is 0. The van der Waals surface area contributed by atoms with Crippen molar-refractivity contribution in [3.63, 3.8) is 0 Å². The van der Waals surface area contributed by atoms with E-state index in [-0.39, 0.29) is 18.8 Å². The molecule has 0 spiro atoms. The Morgan fingerprint density at radius 2 is 2.24 bits per heavy atom. The summed E-state index contributed by atoms with van der Waals surface area (Å²) >= 11 is 5.61. The van der Waals surface area contributed by atoms with E-state index in [9.17, 15) is 19.7 Å². The van der Waals surface area contributed by atoms with Crippen LogP contribution in [0.2, 0.25) is 5.15 Å². The van der Waals surface area contributed by atoms with Crippen LogP contribution in [0.5, 0.6) is 0 Å². The van der Waals surface area contributed by atoms with E-state index in [0.717, 1.165) is 12.3 Å². The van der Waals surface area contributed by atoms with Gasteiger partial charge in [0.15, 0.2) is 0 Å². The maximum Gasteiger partial charge on any atom is 0.319 e. The number of nitro groups is 1. The molecule has 1 aromatic rings. The molecular weight excluding hydrogens is 306 g/mol. The number of carboxylic acids is 1. The molecule has 1 amide bonds. The Morgan fingerprint density at radius 3 is 2.86 bits per heavy atom. The number of aliphatic carboxylic acids is 1. The van der Waals surface area contributed by atoms with Gasteiger partial charge in [0.05, 0.1) is 24.2 Å². The highest BCUT2D eigenvalue weighted by molar-refractivity contribution is 6.32. The van der Waals surface area contributed by atoms with Crippen LogP contribution in [0, 0.1) is 16.0 Å². The summed E-state index contributed by atoms with van der Waals surface area (Å²) < 4.78 is 5.00. The van der Waals surface area contributed by atoms with Gasteiger partial charge in [0.2, 0.25) is 5.15 Å². The molecule has 0 radical (unpaired) electrons. The summed E-state index contributed by atoms with van der Waals surface area (Å²) in [4.78, 5) is 36.8. The first-order chi connectivity index (χ1) is 9.91. The maximum absolute atomic E-state index is 12.1. The van der Waals surface area contributed by atoms with Gasteiger partial charge in [0.25, 0.3) is 5.91 Å². The second-order valence-corrected chi connectivity index (χ2v) is 4.68. The van der Waals surface area contributed by atoms with Gasteiger partial charge >= 0.3 is 11.7 Å². The molecule has 2 unspecified atom stereocenters. The molecule has 0 saturated carbocycles. The fraction of sp³-hybridized carbons (Fsp3) is 0.364. The lowest BCUT2D eigenvalue weighted by Gasteiger charge is -2.15. The molecule has 1 saturated heterocycles. The minimum absolute atomic E-state index is 0.0231. The van der Waals surface area contributed by atoms with Crippen LogP contribution in [-0.4, -0.2) is 46.1 Å². The number of nitrogens with one attached hydrogen (secondary N) is 1. The Morgan fingerprint density at radius 1 is 1.52 bits per heavy atom. The van der Waals surface area contributed by atoms with Gasteiger partial charge in [-0.2, -0.15) is 0 Å². The molecule has 21 heavy (non-hydrogen) atoms. The van der Waals surface area contributed by atoms with Gasteiger partial charge < -0.3 is 15.2 Å². The van der Waals surface area contributed by atoms with Crippen molar-refractivity contribution in [2.24, 2.45) is 5.92 Å². The van der Waals surface area contributed by atoms with Gasteiger partial charge in [-0.1, -0.05) is 11.6 Å². The number of carboxylic acid groups (broad SMARTS) is 1. The molecule has 1 aromatic heterocycles. The van der Waals surface area contributed by atoms with Crippen molar-refractivity contribution in [1.29, 1.82) is 0 Å². The second kappa shape index (κ2) is 6.02. The molecule has 1 aliphatic heterocycles. The molecule has 2 rings (SSSR count). The lowest BCUT2D eigenvalue weighted by atomic mass is 10.0. The zero-order chi connectivity index (χ0) is 15.6. The van der Waals surface area contributed by atoms with Crippen molar-refractivity contribution in [3.8, 4) is 0 Å². The molecule has 0 aromatic carbocycles. The minimum Gasteiger partial charge on any atom is -0.481 e. The van der Waals surface area contributed by atoms with Crippen molar-refractivity contribution >= 4 is 29.2 Å². The van der Waals surface area contributed by atoms with E-state index in [4.69, 9.17) is 21.4 Å². The fourth-order valence-corrected chi connectivity index (χ4v) is 2.20. The molecule has 1 aliphatic rings. The van der Waals surface area contributed by atoms with Crippen LogP contribution >= 0.6 is 11.6 Å². The highest BCUT2D eigenvalue weighted by Crippen LogP contribution is 2.26. The van der Waals surface area contributed by atoms with Crippen molar-refractivity contribution in [3.05, 3.63) is 33.1 Å². The number of hydrogen-bond acceptors (Lipinski definition) is 6. The number of carbonyl (C=O) groups is 2. The third kappa shape index (κ3) is 3.09. The highest BCUT2D eigenvalue weighted by atomic mass is 35.5. The SMILES string of the molecule is O=C(NC1COCC1C(=O)O)c1ccnc(Cl)c1[N+](=O)[O-]. The smallest absolute Gasteiger partial charge is 0.319 e. The summed E-state index contributed by atoms with van der Waals surface area (Å²) in [6.45, 7) is -0.00516. The van der Waals surface area contributed by atoms with Crippen molar-refractivity contribution in [1.82, 2.24) is 10.3 Å². The standard InChI is InChI=1S/C11H10ClN3O6/c12-9-8(15(19)20)5(1-2-13-9)10(16)14-7-4-21-3-6(7)11(17)18/h1-2,6-7H,3-4H2,(H,14,16)(H,17,18). The maximum atomic E-state index is 12.1. The summed E-state index contributed by atoms with van der Waals surface area (Å²) in [6, 6.07) is 0.381. The van der Waals surface area contributed by atoms with E-state index < -0.39 is 39.6 Å². The number of rotatable bonds is 4. The topological polar surface area (TPSA) is 132 Å². The monoisotopic (exact) mass is 315 g/mol. The van der Waals surface area contributed by atoms with Crippen molar-refractivity contribution in [2.45, 2.75) is 6.04 Å². The Balaban J connectivity index is 2.23. The van der Waals surface area contributed by atoms with Crippen LogP contribution in [0.3, 0.4) is 0 Å². The summed E-state index contributed by atoms with van der Waals surface area (Å²) in [6.07, 6.45) is 1.16. The van der Waals surface area contributed by atoms with Gasteiger partial charge in [-0.15, -0.1) is 0 Å². The number of hydrogen-bond donors (Lipinski definition) is 2. The molecular formula is C11H10ClN3O6. The molecule has 10 heteroatoms. The molecule has 2 N–H and O–H groups in total. The predicted octanol–water partition coefficient (Wildman–Crippen LogP) is 0.473. The third-order valence-corrected chi connectivity index (χ3v) is 3.30. The average molecular weight is 316 g/mol. The number of pyridine rings is 1. The molecule has 9 nitrogen and oxygen atoms in total. The molecule has 2 heterocycles. The van der Waals surface area contributed by atoms with Crippen molar-refractivity contribution in [2.75, 3.05) is 13.2 Å². The fourth-order valence-electron chi connectivity index (χ4n) is 1.97. The van der Waals surface area contributed by atoms with Gasteiger partial charge in [-0.05, 0) is 6.07 Å². The van der Waals surface area contributed by atoms with Crippen LogP contribution in [0.25, 0.3) is 0 Å². The third-order valence-electron chi connectivity index (χ3n) is 3.02. The largest absolute Gasteiger partial charge is 0.481 e. The molecule has 2 atom stereocenters. The van der Waals surface area contributed by atoms with Crippen molar-refractivity contribution < 1.29 is 24.4 Å². The van der Waals surface area contributed by atoms with Crippen LogP contribution in [-0.2, 0) is 9.53 Å². The zero-order valence-corrected chi connectivity index (χ0v) is 11.2. The number of halogens is 1. The quantitative estimate of drug-likeness (QED) is 0.469. The van der Waals surface area contributed by atoms with Gasteiger partial charge in [0.1, 0.15) is 11.5 Å². The number of amides is 1. The first-order valence-electron chi connectivity index (χ1n) is 5.82.